The van der Waals surface area contributed by atoms with Gasteiger partial charge in [-0.2, -0.15) is 0 Å². The fourth-order valence-electron chi connectivity index (χ4n) is 8.46. The second-order valence-corrected chi connectivity index (χ2v) is 16.7. The van der Waals surface area contributed by atoms with E-state index < -0.39 is 21.0 Å². The van der Waals surface area contributed by atoms with E-state index in [1.807, 2.05) is 32.2 Å². The second-order valence-electron chi connectivity index (χ2n) is 13.9. The Kier molecular flexibility index (Phi) is 7.57. The zero-order valence-corrected chi connectivity index (χ0v) is 27.3. The number of carbonyl (C=O) groups excluding carboxylic acids is 1. The molecule has 1 N–H and O–H groups in total. The minimum Gasteiger partial charge on any atom is -0.490 e. The van der Waals surface area contributed by atoms with Gasteiger partial charge in [-0.25, -0.2) is 8.60 Å². The van der Waals surface area contributed by atoms with E-state index >= 15 is 4.39 Å². The zero-order chi connectivity index (χ0) is 31.0. The van der Waals surface area contributed by atoms with Crippen LogP contribution in [0.4, 0.5) is 10.1 Å². The number of fused-ring (bicyclic) bond motifs is 6. The minimum atomic E-state index is -2.93. The highest BCUT2D eigenvalue weighted by Crippen LogP contribution is 2.49. The van der Waals surface area contributed by atoms with Crippen LogP contribution < -0.4 is 14.4 Å². The van der Waals surface area contributed by atoms with Crippen molar-refractivity contribution in [1.29, 1.82) is 0 Å². The number of amides is 1. The maximum Gasteiger partial charge on any atom is 0.262 e. The third-order valence-electron chi connectivity index (χ3n) is 11.5. The Labute approximate surface area is 265 Å². The first-order valence-corrected chi connectivity index (χ1v) is 18.1. The highest BCUT2D eigenvalue weighted by atomic mass is 35.5. The van der Waals surface area contributed by atoms with Crippen LogP contribution in [0.5, 0.6) is 5.75 Å². The molecule has 0 radical (unpaired) electrons. The Morgan fingerprint density at radius 1 is 1.23 bits per heavy atom. The average Bonchev–Trinajstić information content (AvgIpc) is 3.11. The maximum absolute atomic E-state index is 15.3. The fourth-order valence-corrected chi connectivity index (χ4v) is 10.1. The lowest BCUT2D eigenvalue weighted by Crippen LogP contribution is -2.50. The molecule has 4 bridgehead atoms. The van der Waals surface area contributed by atoms with E-state index in [1.165, 1.54) is 5.57 Å². The first-order chi connectivity index (χ1) is 21.0. The molecule has 6 nitrogen and oxygen atoms in total. The molecule has 9 heteroatoms. The average molecular weight is 641 g/mol. The van der Waals surface area contributed by atoms with Crippen LogP contribution in [-0.4, -0.2) is 54.1 Å². The Hall–Kier alpha value is -2.55. The summed E-state index contributed by atoms with van der Waals surface area (Å²) >= 11 is 6.23. The molecule has 8 rings (SSSR count). The molecule has 3 aliphatic heterocycles. The lowest BCUT2D eigenvalue weighted by Gasteiger charge is -2.48. The van der Waals surface area contributed by atoms with Crippen molar-refractivity contribution in [1.82, 2.24) is 4.72 Å². The van der Waals surface area contributed by atoms with E-state index in [0.29, 0.717) is 48.3 Å². The highest BCUT2D eigenvalue weighted by molar-refractivity contribution is 7.99. The smallest absolute Gasteiger partial charge is 0.262 e. The summed E-state index contributed by atoms with van der Waals surface area (Å²) in [6, 6.07) is 9.10. The quantitative estimate of drug-likeness (QED) is 0.291. The molecule has 1 unspecified atom stereocenters. The number of methoxy groups -OCH3 is 1. The molecule has 236 valence electrons. The highest BCUT2D eigenvalue weighted by Gasteiger charge is 2.47. The van der Waals surface area contributed by atoms with Crippen molar-refractivity contribution in [2.24, 2.45) is 23.7 Å². The number of carbonyl (C=O) groups is 1. The van der Waals surface area contributed by atoms with E-state index in [2.05, 4.69) is 28.5 Å². The van der Waals surface area contributed by atoms with Gasteiger partial charge in [-0.3, -0.25) is 9.52 Å². The Morgan fingerprint density at radius 3 is 2.75 bits per heavy atom. The molecule has 0 aromatic heterocycles. The number of nitrogens with zero attached hydrogens (tertiary/aromatic N) is 1. The number of hydrogen-bond donors (Lipinski definition) is 1. The first kappa shape index (κ1) is 30.1. The number of halogens is 2. The molecule has 2 aromatic rings. The van der Waals surface area contributed by atoms with Crippen LogP contribution in [0.1, 0.15) is 67.4 Å². The molecule has 6 aliphatic rings. The second kappa shape index (κ2) is 11.1. The molecule has 44 heavy (non-hydrogen) atoms. The van der Waals surface area contributed by atoms with E-state index in [-0.39, 0.29) is 34.0 Å². The number of ether oxygens (including phenoxy) is 2. The van der Waals surface area contributed by atoms with Crippen molar-refractivity contribution in [3.05, 3.63) is 69.5 Å². The van der Waals surface area contributed by atoms with Crippen LogP contribution in [0, 0.1) is 29.5 Å². The van der Waals surface area contributed by atoms with Crippen LogP contribution in [0.3, 0.4) is 0 Å². The van der Waals surface area contributed by atoms with Gasteiger partial charge in [0, 0.05) is 36.4 Å². The van der Waals surface area contributed by atoms with E-state index in [0.717, 1.165) is 49.9 Å². The van der Waals surface area contributed by atoms with Crippen LogP contribution in [0.15, 0.2) is 42.0 Å². The van der Waals surface area contributed by atoms with Crippen molar-refractivity contribution in [3.63, 3.8) is 0 Å². The molecule has 1 amide bonds. The minimum absolute atomic E-state index is 0.0545. The fraction of sp³-hybridized carbons (Fsp3) is 0.543. The molecule has 8 atom stereocenters. The van der Waals surface area contributed by atoms with Gasteiger partial charge in [-0.1, -0.05) is 30.7 Å². The van der Waals surface area contributed by atoms with Crippen LogP contribution in [0.25, 0.3) is 0 Å². The summed E-state index contributed by atoms with van der Waals surface area (Å²) in [4.78, 5) is 16.0. The van der Waals surface area contributed by atoms with Gasteiger partial charge in [0.2, 0.25) is 0 Å². The third kappa shape index (κ3) is 4.87. The van der Waals surface area contributed by atoms with E-state index in [4.69, 9.17) is 21.1 Å². The van der Waals surface area contributed by atoms with Crippen molar-refractivity contribution < 1.29 is 22.9 Å². The van der Waals surface area contributed by atoms with Gasteiger partial charge in [0.1, 0.15) is 11.6 Å². The van der Waals surface area contributed by atoms with Crippen molar-refractivity contribution in [2.75, 3.05) is 31.7 Å². The van der Waals surface area contributed by atoms with Gasteiger partial charge in [-0.15, -0.1) is 0 Å². The summed E-state index contributed by atoms with van der Waals surface area (Å²) in [5.41, 5.74) is 3.80. The Bertz CT molecular complexity index is 1640. The van der Waals surface area contributed by atoms with Gasteiger partial charge < -0.3 is 14.4 Å². The van der Waals surface area contributed by atoms with Gasteiger partial charge in [0.15, 0.2) is 0 Å². The van der Waals surface area contributed by atoms with Crippen molar-refractivity contribution >= 4 is 38.8 Å². The largest absolute Gasteiger partial charge is 0.490 e. The summed E-state index contributed by atoms with van der Waals surface area (Å²) in [6.45, 7) is 5.84. The van der Waals surface area contributed by atoms with Gasteiger partial charge in [0.05, 0.1) is 33.1 Å². The Balaban J connectivity index is 1.32. The molecule has 1 saturated carbocycles. The zero-order valence-electron chi connectivity index (χ0n) is 25.7. The summed E-state index contributed by atoms with van der Waals surface area (Å²) in [5, 5.41) is -0.152. The van der Waals surface area contributed by atoms with Crippen LogP contribution in [-0.2, 0) is 26.3 Å². The summed E-state index contributed by atoms with van der Waals surface area (Å²) < 4.78 is 44.7. The normalized spacial score (nSPS) is 36.4. The number of nitrogens with one attached hydrogen (secondary N) is 1. The molecule has 2 aromatic carbocycles. The molecule has 3 aliphatic carbocycles. The lowest BCUT2D eigenvalue weighted by molar-refractivity contribution is -0.000484. The maximum atomic E-state index is 15.3. The number of benzene rings is 2. The topological polar surface area (TPSA) is 67.9 Å². The van der Waals surface area contributed by atoms with Gasteiger partial charge in [0.25, 0.3) is 5.91 Å². The standard InChI is InChI=1S/C35H42ClFN2O4S/c1-20-21(2)44(4,41)38-34(40)22-8-12-31-30(16-22)39(17-23-7-9-26(23)33(42-3)25-14-24(20)15-25)18-35(19-43-31)13-5-6-27-28(35)10-11-29(36)32(27)37/h8,10-12,14,16,20-21,23-24,26,33H,4-7,9,13,15,17-19H2,1-3H3,(H,38,40,41)/t20-,21-,23+,24+,26-,33+,35+,44?/m1/s1. The number of allylic oxidation sites excluding steroid dienone is 1. The summed E-state index contributed by atoms with van der Waals surface area (Å²) in [5.74, 6) is 5.13. The number of hydrogen-bond acceptors (Lipinski definition) is 5. The predicted octanol–water partition coefficient (Wildman–Crippen LogP) is 6.34. The number of anilines is 1. The first-order valence-electron chi connectivity index (χ1n) is 15.9. The molecule has 1 fully saturated rings. The third-order valence-corrected chi connectivity index (χ3v) is 14.0. The van der Waals surface area contributed by atoms with Gasteiger partial charge >= 0.3 is 0 Å². The van der Waals surface area contributed by atoms with Crippen molar-refractivity contribution in [2.45, 2.75) is 69.1 Å². The predicted molar refractivity (Wildman–Crippen MR) is 175 cm³/mol. The van der Waals surface area contributed by atoms with Crippen LogP contribution in [0.2, 0.25) is 5.02 Å². The monoisotopic (exact) mass is 640 g/mol. The van der Waals surface area contributed by atoms with E-state index in [9.17, 15) is 9.00 Å². The SMILES string of the molecule is C=S1(=O)NC(=O)c2ccc3c(c2)N(C[C@@H]2CC[C@H]2[C@@H](OC)C2=C[C@@H](C2)[C@H](C)[C@H]1C)C[C@@]1(CCCc2c1ccc(Cl)c2F)CO3. The Morgan fingerprint density at radius 2 is 2.02 bits per heavy atom. The number of rotatable bonds is 1. The van der Waals surface area contributed by atoms with E-state index in [1.54, 1.807) is 12.1 Å². The van der Waals surface area contributed by atoms with Gasteiger partial charge in [-0.05, 0) is 116 Å². The molecular weight excluding hydrogens is 599 g/mol. The lowest BCUT2D eigenvalue weighted by atomic mass is 9.64. The molecule has 1 spiro atoms. The molecule has 3 heterocycles. The molecule has 0 saturated heterocycles. The summed E-state index contributed by atoms with van der Waals surface area (Å²) in [7, 11) is -1.12. The molecular formula is C35H42ClFN2O4S. The van der Waals surface area contributed by atoms with Crippen LogP contribution >= 0.6 is 11.6 Å². The van der Waals surface area contributed by atoms with Crippen molar-refractivity contribution in [3.8, 4) is 5.75 Å². The summed E-state index contributed by atoms with van der Waals surface area (Å²) in [6.07, 6.45) is 7.82.